The zero-order valence-electron chi connectivity index (χ0n) is 43.6. The van der Waals surface area contributed by atoms with Crippen LogP contribution in [0.2, 0.25) is 0 Å². The Morgan fingerprint density at radius 1 is 0.486 bits per heavy atom. The van der Waals surface area contributed by atoms with E-state index in [-0.39, 0.29) is 0 Å². The Bertz CT molecular complexity index is 2240. The van der Waals surface area contributed by atoms with Gasteiger partial charge in [-0.3, -0.25) is 19.9 Å². The summed E-state index contributed by atoms with van der Waals surface area (Å²) in [7, 11) is 0. The quantitative estimate of drug-likeness (QED) is 0.138. The molecule has 74 heavy (non-hydrogen) atoms. The van der Waals surface area contributed by atoms with Crippen LogP contribution in [0.25, 0.3) is 0 Å². The fourth-order valence-corrected chi connectivity index (χ4v) is 6.69. The Labute approximate surface area is 458 Å². The van der Waals surface area contributed by atoms with Crippen molar-refractivity contribution in [3.63, 3.8) is 0 Å². The molecule has 16 nitrogen and oxygen atoms in total. The number of thiazole rings is 3. The number of hydrogen-bond acceptors (Lipinski definition) is 22. The molecule has 11 heterocycles. The van der Waals surface area contributed by atoms with Crippen molar-refractivity contribution < 1.29 is 17.9 Å². The van der Waals surface area contributed by atoms with E-state index in [0.717, 1.165) is 32.9 Å². The van der Waals surface area contributed by atoms with E-state index < -0.39 is 0 Å². The first kappa shape index (κ1) is 64.9. The third-order valence-corrected chi connectivity index (χ3v) is 11.6. The summed E-state index contributed by atoms with van der Waals surface area (Å²) < 4.78 is 18.2. The van der Waals surface area contributed by atoms with E-state index in [1.807, 2.05) is 113 Å². The van der Waals surface area contributed by atoms with Crippen LogP contribution in [0.5, 0.6) is 0 Å². The minimum absolute atomic E-state index is 0.606. The zero-order chi connectivity index (χ0) is 54.3. The minimum Gasteiger partial charge on any atom is -0.452 e. The van der Waals surface area contributed by atoms with Gasteiger partial charge in [0, 0.05) is 57.4 Å². The minimum atomic E-state index is 0.606. The molecule has 11 aromatic heterocycles. The monoisotopic (exact) mass is 1110 g/mol. The molecule has 0 aliphatic carbocycles. The van der Waals surface area contributed by atoms with Crippen LogP contribution in [0, 0.1) is 83.1 Å². The maximum absolute atomic E-state index is 4.72. The van der Waals surface area contributed by atoms with Gasteiger partial charge in [-0.05, 0) is 122 Å². The number of hydrogen-bond donors (Lipinski definition) is 0. The van der Waals surface area contributed by atoms with Crippen LogP contribution in [0.4, 0.5) is 0 Å². The molecule has 12 rings (SSSR count). The molecular formula is C52H64N12O4S6. The first-order chi connectivity index (χ1) is 35.7. The average Bonchev–Trinajstić information content (AvgIpc) is 4.22. The predicted molar refractivity (Wildman–Crippen MR) is 304 cm³/mol. The number of thiophene rings is 2. The number of aromatic nitrogens is 12. The molecule has 0 fully saturated rings. The van der Waals surface area contributed by atoms with Crippen LogP contribution in [0.1, 0.15) is 65.5 Å². The van der Waals surface area contributed by atoms with Crippen LogP contribution < -0.4 is 0 Å². The summed E-state index contributed by atoms with van der Waals surface area (Å²) in [4.78, 5) is 33.0. The fraction of sp³-hybridized carbons (Fsp3) is 0.231. The van der Waals surface area contributed by atoms with E-state index in [4.69, 9.17) is 4.42 Å². The molecule has 0 amide bonds. The standard InChI is InChI=1S/C7H8.C6H7N.2C5H6S.2C4H5NO.3C4H5NS.2C3H4N2O.C3H4N2S/c1-7-5-3-2-4-6-7;1-6-4-2-3-5-7-6;1-5-2-3-6-4-5;1-5-3-2-4-6-5;1-4-2-6-3-5-4;1-4-2-5-3-6-4;1-4-2-6-3-5-4;1-4-2-5-3-6-4;1-4-5-2-3-6-4;1-3-4-2-6-5-3;1-3-4-2-5-6-3;1-3-5-4-2-6-3/h2-6H,1H3;2-5H,1H3;2*2-4H,1H3;5*2-3H,1H3;3*2H,1H3. The molecule has 12 aromatic rings. The van der Waals surface area contributed by atoms with Gasteiger partial charge >= 0.3 is 0 Å². The van der Waals surface area contributed by atoms with Gasteiger partial charge < -0.3 is 17.9 Å². The number of benzene rings is 1. The van der Waals surface area contributed by atoms with Crippen LogP contribution >= 0.6 is 68.0 Å². The molecule has 0 saturated carbocycles. The number of aryl methyl sites for hydroxylation is 12. The van der Waals surface area contributed by atoms with Gasteiger partial charge in [-0.2, -0.15) is 21.3 Å². The van der Waals surface area contributed by atoms with Crippen LogP contribution in [-0.2, 0) is 0 Å². The van der Waals surface area contributed by atoms with E-state index in [1.54, 1.807) is 112 Å². The number of rotatable bonds is 0. The Morgan fingerprint density at radius 3 is 1.47 bits per heavy atom. The maximum Gasteiger partial charge on any atom is 0.223 e. The largest absolute Gasteiger partial charge is 0.452 e. The molecule has 22 heteroatoms. The van der Waals surface area contributed by atoms with Crippen molar-refractivity contribution in [2.24, 2.45) is 0 Å². The molecule has 1 aromatic carbocycles. The van der Waals surface area contributed by atoms with Crippen molar-refractivity contribution in [1.82, 2.24) is 60.4 Å². The summed E-state index contributed by atoms with van der Waals surface area (Å²) >= 11 is 10.0. The van der Waals surface area contributed by atoms with Gasteiger partial charge in [-0.1, -0.05) is 58.3 Å². The fourth-order valence-electron chi connectivity index (χ4n) is 3.75. The molecule has 0 aliphatic rings. The first-order valence-corrected chi connectivity index (χ1v) is 27.5. The van der Waals surface area contributed by atoms with Crippen LogP contribution in [-0.4, -0.2) is 60.4 Å². The van der Waals surface area contributed by atoms with E-state index >= 15 is 0 Å². The summed E-state index contributed by atoms with van der Waals surface area (Å²) in [5.74, 6) is 2.14. The predicted octanol–water partition coefficient (Wildman–Crippen LogP) is 15.4. The topological polar surface area (TPSA) is 207 Å². The third kappa shape index (κ3) is 42.6. The second-order valence-corrected chi connectivity index (χ2v) is 20.0. The number of nitrogens with zero attached hydrogens (tertiary/aromatic N) is 12. The van der Waals surface area contributed by atoms with Gasteiger partial charge in [0.2, 0.25) is 12.3 Å². The van der Waals surface area contributed by atoms with Crippen molar-refractivity contribution >= 4 is 68.0 Å². The van der Waals surface area contributed by atoms with E-state index in [1.165, 1.54) is 46.4 Å². The third-order valence-electron chi connectivity index (χ3n) is 7.27. The maximum atomic E-state index is 4.72. The smallest absolute Gasteiger partial charge is 0.223 e. The van der Waals surface area contributed by atoms with Crippen molar-refractivity contribution in [2.75, 3.05) is 0 Å². The SMILES string of the molecule is Cc1ccccc1.Cc1ccccn1.Cc1cccs1.Cc1ccsc1.Cc1cnco1.Cc1cncs1.Cc1cocn1.Cc1cscn1.Cc1nccs1.Cc1ncno1.Cc1ncon1.Cc1nncs1. The second kappa shape index (κ2) is 44.6. The Kier molecular flexibility index (Phi) is 39.1. The lowest BCUT2D eigenvalue weighted by molar-refractivity contribution is 0.392. The molecule has 0 radical (unpaired) electrons. The van der Waals surface area contributed by atoms with Gasteiger partial charge in [0.25, 0.3) is 0 Å². The zero-order valence-corrected chi connectivity index (χ0v) is 48.5. The second-order valence-electron chi connectivity index (χ2n) is 14.1. The van der Waals surface area contributed by atoms with Crippen molar-refractivity contribution in [2.45, 2.75) is 83.1 Å². The summed E-state index contributed by atoms with van der Waals surface area (Å²) in [6.07, 6.45) is 14.2. The Hall–Kier alpha value is -7.08. The lowest BCUT2D eigenvalue weighted by Crippen LogP contribution is -1.72. The highest BCUT2D eigenvalue weighted by atomic mass is 32.1. The molecule has 0 atom stereocenters. The number of pyridine rings is 1. The molecule has 392 valence electrons. The van der Waals surface area contributed by atoms with E-state index in [9.17, 15) is 0 Å². The molecule has 0 bridgehead atoms. The highest BCUT2D eigenvalue weighted by molar-refractivity contribution is 7.10. The van der Waals surface area contributed by atoms with Crippen molar-refractivity contribution in [1.29, 1.82) is 0 Å². The summed E-state index contributed by atoms with van der Waals surface area (Å²) in [6.45, 7) is 23.4. The molecule has 0 spiro atoms. The normalized spacial score (nSPS) is 8.81. The van der Waals surface area contributed by atoms with Gasteiger partial charge in [0.15, 0.2) is 24.9 Å². The lowest BCUT2D eigenvalue weighted by atomic mass is 10.2. The Morgan fingerprint density at radius 2 is 1.28 bits per heavy atom. The number of oxazole rings is 2. The summed E-state index contributed by atoms with van der Waals surface area (Å²) in [6, 6.07) is 22.4. The van der Waals surface area contributed by atoms with Crippen LogP contribution in [0.3, 0.4) is 0 Å². The molecule has 0 N–H and O–H groups in total. The van der Waals surface area contributed by atoms with E-state index in [0.29, 0.717) is 11.7 Å². The molecule has 0 saturated heterocycles. The van der Waals surface area contributed by atoms with Crippen molar-refractivity contribution in [3.05, 3.63) is 232 Å². The highest BCUT2D eigenvalue weighted by Gasteiger charge is 1.83. The molecule has 0 unspecified atom stereocenters. The van der Waals surface area contributed by atoms with Gasteiger partial charge in [-0.25, -0.2) is 9.97 Å². The summed E-state index contributed by atoms with van der Waals surface area (Å²) in [5, 5.41) is 26.5. The lowest BCUT2D eigenvalue weighted by Gasteiger charge is -1.82. The Balaban J connectivity index is 0.000000404. The van der Waals surface area contributed by atoms with E-state index in [2.05, 4.69) is 141 Å². The van der Waals surface area contributed by atoms with Crippen molar-refractivity contribution in [3.8, 4) is 0 Å². The summed E-state index contributed by atoms with van der Waals surface area (Å²) in [5.41, 5.74) is 11.2. The molecule has 0 aliphatic heterocycles. The van der Waals surface area contributed by atoms with Gasteiger partial charge in [0.1, 0.15) is 22.5 Å². The van der Waals surface area contributed by atoms with Gasteiger partial charge in [-0.15, -0.1) is 66.9 Å². The average molecular weight is 1110 g/mol. The first-order valence-electron chi connectivity index (χ1n) is 22.1. The highest BCUT2D eigenvalue weighted by Crippen LogP contribution is 2.04. The van der Waals surface area contributed by atoms with Gasteiger partial charge in [0.05, 0.1) is 27.9 Å². The molecular weight excluding hydrogens is 1050 g/mol. The van der Waals surface area contributed by atoms with Crippen LogP contribution in [0.15, 0.2) is 185 Å².